The third kappa shape index (κ3) is 3.37. The number of halogens is 1. The highest BCUT2D eigenvalue weighted by atomic mass is 19.1. The van der Waals surface area contributed by atoms with Gasteiger partial charge in [0.15, 0.2) is 5.78 Å². The molecule has 3 rings (SSSR count). The first-order valence-corrected chi connectivity index (χ1v) is 8.21. The summed E-state index contributed by atoms with van der Waals surface area (Å²) in [4.78, 5) is 26.8. The lowest BCUT2D eigenvalue weighted by atomic mass is 9.89. The Morgan fingerprint density at radius 1 is 1.08 bits per heavy atom. The van der Waals surface area contributed by atoms with Gasteiger partial charge in [0.05, 0.1) is 5.56 Å². The Morgan fingerprint density at radius 2 is 1.79 bits per heavy atom. The van der Waals surface area contributed by atoms with E-state index in [1.807, 2.05) is 31.2 Å². The fourth-order valence-electron chi connectivity index (χ4n) is 3.13. The van der Waals surface area contributed by atoms with Crippen molar-refractivity contribution in [3.8, 4) is 0 Å². The first-order chi connectivity index (χ1) is 11.6. The average Bonchev–Trinajstić information content (AvgIpc) is 2.62. The standard InChI is InChI=1S/C20H20FNO2/c1-14-8-10-15(11-9-14)19(23)16-5-4-12-22(13-16)20(24)17-6-2-3-7-18(17)21/h2-3,6-11,16H,4-5,12-13H2,1H3. The third-order valence-corrected chi connectivity index (χ3v) is 4.52. The monoisotopic (exact) mass is 325 g/mol. The highest BCUT2D eigenvalue weighted by molar-refractivity contribution is 5.99. The van der Waals surface area contributed by atoms with Crippen LogP contribution in [0.5, 0.6) is 0 Å². The van der Waals surface area contributed by atoms with Crippen molar-refractivity contribution in [2.24, 2.45) is 5.92 Å². The molecule has 1 atom stereocenters. The topological polar surface area (TPSA) is 37.4 Å². The summed E-state index contributed by atoms with van der Waals surface area (Å²) in [6.07, 6.45) is 1.51. The van der Waals surface area contributed by atoms with Gasteiger partial charge in [0.25, 0.3) is 5.91 Å². The lowest BCUT2D eigenvalue weighted by Crippen LogP contribution is -2.42. The van der Waals surface area contributed by atoms with Crippen LogP contribution in [0.3, 0.4) is 0 Å². The summed E-state index contributed by atoms with van der Waals surface area (Å²) in [7, 11) is 0. The highest BCUT2D eigenvalue weighted by Gasteiger charge is 2.30. The lowest BCUT2D eigenvalue weighted by Gasteiger charge is -2.32. The number of hydrogen-bond acceptors (Lipinski definition) is 2. The van der Waals surface area contributed by atoms with Gasteiger partial charge >= 0.3 is 0 Å². The molecule has 1 fully saturated rings. The molecule has 1 amide bonds. The molecule has 4 heteroatoms. The maximum Gasteiger partial charge on any atom is 0.256 e. The van der Waals surface area contributed by atoms with Gasteiger partial charge in [-0.3, -0.25) is 9.59 Å². The molecule has 1 unspecified atom stereocenters. The molecule has 1 aliphatic heterocycles. The van der Waals surface area contributed by atoms with Crippen LogP contribution in [0.2, 0.25) is 0 Å². The molecule has 0 aliphatic carbocycles. The van der Waals surface area contributed by atoms with Crippen LogP contribution in [0.4, 0.5) is 4.39 Å². The van der Waals surface area contributed by atoms with E-state index in [0.717, 1.165) is 18.4 Å². The van der Waals surface area contributed by atoms with Gasteiger partial charge in [-0.25, -0.2) is 4.39 Å². The van der Waals surface area contributed by atoms with Crippen LogP contribution in [0, 0.1) is 18.7 Å². The number of rotatable bonds is 3. The maximum atomic E-state index is 13.8. The third-order valence-electron chi connectivity index (χ3n) is 4.52. The van der Waals surface area contributed by atoms with Crippen molar-refractivity contribution in [3.05, 3.63) is 71.0 Å². The number of amides is 1. The fraction of sp³-hybridized carbons (Fsp3) is 0.300. The average molecular weight is 325 g/mol. The van der Waals surface area contributed by atoms with Gasteiger partial charge < -0.3 is 4.90 Å². The molecule has 24 heavy (non-hydrogen) atoms. The van der Waals surface area contributed by atoms with Crippen LogP contribution in [-0.2, 0) is 0 Å². The second-order valence-electron chi connectivity index (χ2n) is 6.30. The van der Waals surface area contributed by atoms with Crippen molar-refractivity contribution in [3.63, 3.8) is 0 Å². The SMILES string of the molecule is Cc1ccc(C(=O)C2CCCN(C(=O)c3ccccc3F)C2)cc1. The number of hydrogen-bond donors (Lipinski definition) is 0. The smallest absolute Gasteiger partial charge is 0.256 e. The predicted octanol–water partition coefficient (Wildman–Crippen LogP) is 3.87. The van der Waals surface area contributed by atoms with Crippen LogP contribution in [0.25, 0.3) is 0 Å². The summed E-state index contributed by atoms with van der Waals surface area (Å²) in [5, 5.41) is 0. The van der Waals surface area contributed by atoms with E-state index < -0.39 is 5.82 Å². The molecule has 1 aliphatic rings. The summed E-state index contributed by atoms with van der Waals surface area (Å²) in [5.41, 5.74) is 1.85. The first-order valence-electron chi connectivity index (χ1n) is 8.21. The minimum Gasteiger partial charge on any atom is -0.338 e. The fourth-order valence-corrected chi connectivity index (χ4v) is 3.13. The molecule has 0 radical (unpaired) electrons. The molecule has 0 bridgehead atoms. The molecule has 0 aromatic heterocycles. The minimum absolute atomic E-state index is 0.0565. The second-order valence-corrected chi connectivity index (χ2v) is 6.30. The quantitative estimate of drug-likeness (QED) is 0.803. The number of carbonyl (C=O) groups is 2. The summed E-state index contributed by atoms with van der Waals surface area (Å²) in [6.45, 7) is 2.88. The molecular weight excluding hydrogens is 305 g/mol. The molecule has 0 saturated carbocycles. The number of carbonyl (C=O) groups excluding carboxylic acids is 2. The van der Waals surface area contributed by atoms with Gasteiger partial charge in [-0.15, -0.1) is 0 Å². The number of benzene rings is 2. The van der Waals surface area contributed by atoms with E-state index in [0.29, 0.717) is 18.7 Å². The predicted molar refractivity (Wildman–Crippen MR) is 90.5 cm³/mol. The Balaban J connectivity index is 1.74. The van der Waals surface area contributed by atoms with Gasteiger partial charge in [0.1, 0.15) is 5.82 Å². The van der Waals surface area contributed by atoms with Crippen LogP contribution in [0.15, 0.2) is 48.5 Å². The van der Waals surface area contributed by atoms with E-state index in [2.05, 4.69) is 0 Å². The van der Waals surface area contributed by atoms with Gasteiger partial charge in [0.2, 0.25) is 0 Å². The van der Waals surface area contributed by atoms with Crippen molar-refractivity contribution >= 4 is 11.7 Å². The number of piperidine rings is 1. The highest BCUT2D eigenvalue weighted by Crippen LogP contribution is 2.23. The zero-order valence-electron chi connectivity index (χ0n) is 13.7. The van der Waals surface area contributed by atoms with E-state index >= 15 is 0 Å². The molecule has 124 valence electrons. The van der Waals surface area contributed by atoms with E-state index in [1.54, 1.807) is 17.0 Å². The van der Waals surface area contributed by atoms with Gasteiger partial charge in [-0.2, -0.15) is 0 Å². The zero-order valence-corrected chi connectivity index (χ0v) is 13.7. The Bertz CT molecular complexity index is 754. The molecular formula is C20H20FNO2. The van der Waals surface area contributed by atoms with E-state index in [9.17, 15) is 14.0 Å². The van der Waals surface area contributed by atoms with E-state index in [1.165, 1.54) is 12.1 Å². The Hall–Kier alpha value is -2.49. The number of aryl methyl sites for hydroxylation is 1. The van der Waals surface area contributed by atoms with Crippen molar-refractivity contribution in [2.75, 3.05) is 13.1 Å². The summed E-state index contributed by atoms with van der Waals surface area (Å²) >= 11 is 0. The van der Waals surface area contributed by atoms with Crippen LogP contribution >= 0.6 is 0 Å². The molecule has 1 saturated heterocycles. The van der Waals surface area contributed by atoms with E-state index in [4.69, 9.17) is 0 Å². The van der Waals surface area contributed by atoms with Gasteiger partial charge in [0, 0.05) is 24.6 Å². The number of ketones is 1. The molecule has 0 N–H and O–H groups in total. The number of Topliss-reactive ketones (excluding diaryl/α,β-unsaturated/α-hetero) is 1. The van der Waals surface area contributed by atoms with Crippen LogP contribution in [0.1, 0.15) is 39.1 Å². The van der Waals surface area contributed by atoms with Gasteiger partial charge in [-0.05, 0) is 31.9 Å². The maximum absolute atomic E-state index is 13.8. The van der Waals surface area contributed by atoms with E-state index in [-0.39, 0.29) is 23.2 Å². The molecule has 2 aromatic rings. The summed E-state index contributed by atoms with van der Waals surface area (Å²) in [5.74, 6) is -1.03. The van der Waals surface area contributed by atoms with Crippen LogP contribution < -0.4 is 0 Å². The molecule has 3 nitrogen and oxygen atoms in total. The summed E-state index contributed by atoms with van der Waals surface area (Å²) in [6, 6.07) is 13.5. The molecule has 0 spiro atoms. The normalized spacial score (nSPS) is 17.6. The largest absolute Gasteiger partial charge is 0.338 e. The first kappa shape index (κ1) is 16.4. The number of likely N-dealkylation sites (tertiary alicyclic amines) is 1. The number of nitrogens with zero attached hydrogens (tertiary/aromatic N) is 1. The second kappa shape index (κ2) is 6.95. The van der Waals surface area contributed by atoms with Gasteiger partial charge in [-0.1, -0.05) is 42.0 Å². The molecule has 2 aromatic carbocycles. The molecule has 1 heterocycles. The Morgan fingerprint density at radius 3 is 2.50 bits per heavy atom. The van der Waals surface area contributed by atoms with Crippen molar-refractivity contribution in [1.82, 2.24) is 4.90 Å². The van der Waals surface area contributed by atoms with Crippen molar-refractivity contribution in [2.45, 2.75) is 19.8 Å². The zero-order chi connectivity index (χ0) is 17.1. The lowest BCUT2D eigenvalue weighted by molar-refractivity contribution is 0.0633. The Kier molecular flexibility index (Phi) is 4.74. The Labute approximate surface area is 141 Å². The van der Waals surface area contributed by atoms with Crippen molar-refractivity contribution in [1.29, 1.82) is 0 Å². The van der Waals surface area contributed by atoms with Crippen LogP contribution in [-0.4, -0.2) is 29.7 Å². The summed E-state index contributed by atoms with van der Waals surface area (Å²) < 4.78 is 13.8. The van der Waals surface area contributed by atoms with Crippen molar-refractivity contribution < 1.29 is 14.0 Å². The minimum atomic E-state index is -0.519.